The lowest BCUT2D eigenvalue weighted by Crippen LogP contribution is -2.34. The van der Waals surface area contributed by atoms with Gasteiger partial charge in [0.05, 0.1) is 0 Å². The third-order valence-corrected chi connectivity index (χ3v) is 1.96. The highest BCUT2D eigenvalue weighted by atomic mass is 19.2. The normalized spacial score (nSPS) is 14.5. The van der Waals surface area contributed by atoms with Crippen molar-refractivity contribution in [2.45, 2.75) is 57.7 Å². The van der Waals surface area contributed by atoms with Gasteiger partial charge in [-0.25, -0.2) is 4.39 Å². The Balaban J connectivity index is 3.32. The van der Waals surface area contributed by atoms with Gasteiger partial charge < -0.3 is 10.2 Å². The van der Waals surface area contributed by atoms with Crippen LogP contribution in [0, 0.1) is 0 Å². The van der Waals surface area contributed by atoms with Crippen molar-refractivity contribution < 1.29 is 19.0 Å². The molecule has 0 aromatic rings. The summed E-state index contributed by atoms with van der Waals surface area (Å²) in [5.41, 5.74) is 0. The lowest BCUT2D eigenvalue weighted by Gasteiger charge is -2.15. The zero-order chi connectivity index (χ0) is 10.3. The van der Waals surface area contributed by atoms with Gasteiger partial charge in [-0.05, 0) is 6.42 Å². The number of hydrogen-bond donors (Lipinski definition) is 2. The molecule has 2 nitrogen and oxygen atoms in total. The fourth-order valence-corrected chi connectivity index (χ4v) is 1.11. The molecule has 0 aliphatic heterocycles. The lowest BCUT2D eigenvalue weighted by atomic mass is 10.1. The van der Waals surface area contributed by atoms with Crippen LogP contribution in [0.5, 0.6) is 0 Å². The van der Waals surface area contributed by atoms with E-state index in [9.17, 15) is 8.78 Å². The predicted molar refractivity (Wildman–Crippen MR) is 46.5 cm³/mol. The monoisotopic (exact) mass is 196 g/mol. The lowest BCUT2D eigenvalue weighted by molar-refractivity contribution is -0.294. The van der Waals surface area contributed by atoms with E-state index in [1.807, 2.05) is 0 Å². The standard InChI is InChI=1S/C9H18F2O2/c1-2-3-4-5-6-7-8(10)9(11,12)13/h8,12-13H,2-7H2,1H3. The van der Waals surface area contributed by atoms with Crippen LogP contribution in [-0.4, -0.2) is 22.4 Å². The molecule has 0 spiro atoms. The molecule has 0 amide bonds. The molecular weight excluding hydrogens is 178 g/mol. The molecule has 13 heavy (non-hydrogen) atoms. The third-order valence-electron chi connectivity index (χ3n) is 1.96. The minimum Gasteiger partial charge on any atom is -0.338 e. The molecule has 1 unspecified atom stereocenters. The summed E-state index contributed by atoms with van der Waals surface area (Å²) in [6, 6.07) is -3.66. The van der Waals surface area contributed by atoms with Gasteiger partial charge in [-0.1, -0.05) is 39.0 Å². The average Bonchev–Trinajstić information content (AvgIpc) is 2.02. The predicted octanol–water partition coefficient (Wildman–Crippen LogP) is 2.29. The van der Waals surface area contributed by atoms with Crippen molar-refractivity contribution in [2.75, 3.05) is 0 Å². The van der Waals surface area contributed by atoms with Gasteiger partial charge in [0.2, 0.25) is 0 Å². The summed E-state index contributed by atoms with van der Waals surface area (Å²) in [6.07, 6.45) is 2.14. The summed E-state index contributed by atoms with van der Waals surface area (Å²) in [7, 11) is 0. The highest BCUT2D eigenvalue weighted by Crippen LogP contribution is 2.18. The Labute approximate surface area is 77.6 Å². The van der Waals surface area contributed by atoms with E-state index in [1.165, 1.54) is 0 Å². The van der Waals surface area contributed by atoms with Gasteiger partial charge >= 0.3 is 6.04 Å². The summed E-state index contributed by atoms with van der Waals surface area (Å²) in [5.74, 6) is 0. The maximum absolute atomic E-state index is 12.5. The van der Waals surface area contributed by atoms with Gasteiger partial charge in [0.25, 0.3) is 0 Å². The van der Waals surface area contributed by atoms with Crippen LogP contribution in [0.2, 0.25) is 0 Å². The molecule has 80 valence electrons. The smallest absolute Gasteiger partial charge is 0.338 e. The van der Waals surface area contributed by atoms with E-state index in [4.69, 9.17) is 10.2 Å². The Morgan fingerprint density at radius 1 is 1.15 bits per heavy atom. The number of alkyl halides is 2. The van der Waals surface area contributed by atoms with Crippen molar-refractivity contribution in [3.63, 3.8) is 0 Å². The fourth-order valence-electron chi connectivity index (χ4n) is 1.11. The highest BCUT2D eigenvalue weighted by molar-refractivity contribution is 4.64. The number of aliphatic hydroxyl groups is 2. The van der Waals surface area contributed by atoms with Crippen molar-refractivity contribution in [3.05, 3.63) is 0 Å². The van der Waals surface area contributed by atoms with Crippen molar-refractivity contribution >= 4 is 0 Å². The largest absolute Gasteiger partial charge is 0.347 e. The molecule has 0 aromatic heterocycles. The highest BCUT2D eigenvalue weighted by Gasteiger charge is 2.33. The molecule has 0 fully saturated rings. The van der Waals surface area contributed by atoms with Gasteiger partial charge in [-0.2, -0.15) is 4.39 Å². The molecule has 0 saturated heterocycles. The Morgan fingerprint density at radius 2 is 1.69 bits per heavy atom. The van der Waals surface area contributed by atoms with Crippen LogP contribution >= 0.6 is 0 Å². The molecule has 1 atom stereocenters. The van der Waals surface area contributed by atoms with Crippen molar-refractivity contribution in [2.24, 2.45) is 0 Å². The summed E-state index contributed by atoms with van der Waals surface area (Å²) < 4.78 is 24.6. The van der Waals surface area contributed by atoms with Gasteiger partial charge in [0.15, 0.2) is 6.17 Å². The molecule has 0 aromatic carbocycles. The Hall–Kier alpha value is -0.220. The maximum atomic E-state index is 12.5. The second kappa shape index (κ2) is 6.27. The molecule has 0 radical (unpaired) electrons. The molecule has 0 heterocycles. The topological polar surface area (TPSA) is 40.5 Å². The molecular formula is C9H18F2O2. The van der Waals surface area contributed by atoms with Gasteiger partial charge in [-0.3, -0.25) is 0 Å². The van der Waals surface area contributed by atoms with Gasteiger partial charge in [0.1, 0.15) is 0 Å². The van der Waals surface area contributed by atoms with Crippen LogP contribution < -0.4 is 0 Å². The minimum absolute atomic E-state index is 0.132. The van der Waals surface area contributed by atoms with Crippen LogP contribution in [0.3, 0.4) is 0 Å². The van der Waals surface area contributed by atoms with Crippen molar-refractivity contribution in [3.8, 4) is 0 Å². The van der Waals surface area contributed by atoms with Crippen molar-refractivity contribution in [1.82, 2.24) is 0 Å². The van der Waals surface area contributed by atoms with E-state index in [1.54, 1.807) is 0 Å². The third kappa shape index (κ3) is 6.90. The maximum Gasteiger partial charge on any atom is 0.347 e. The van der Waals surface area contributed by atoms with Gasteiger partial charge in [-0.15, -0.1) is 0 Å². The second-order valence-corrected chi connectivity index (χ2v) is 3.31. The zero-order valence-corrected chi connectivity index (χ0v) is 7.97. The van der Waals surface area contributed by atoms with E-state index >= 15 is 0 Å². The first-order chi connectivity index (χ1) is 5.98. The van der Waals surface area contributed by atoms with Gasteiger partial charge in [0, 0.05) is 0 Å². The number of hydrogen-bond acceptors (Lipinski definition) is 2. The van der Waals surface area contributed by atoms with E-state index in [0.717, 1.165) is 25.7 Å². The second-order valence-electron chi connectivity index (χ2n) is 3.31. The molecule has 0 aliphatic carbocycles. The van der Waals surface area contributed by atoms with Crippen LogP contribution in [0.4, 0.5) is 8.78 Å². The van der Waals surface area contributed by atoms with E-state index < -0.39 is 12.2 Å². The molecule has 0 saturated carbocycles. The summed E-state index contributed by atoms with van der Waals surface area (Å²) in [4.78, 5) is 0. The molecule has 4 heteroatoms. The first-order valence-corrected chi connectivity index (χ1v) is 4.76. The molecule has 2 N–H and O–H groups in total. The van der Waals surface area contributed by atoms with E-state index in [2.05, 4.69) is 6.92 Å². The SMILES string of the molecule is CCCCCCCC(F)C(O)(O)F. The van der Waals surface area contributed by atoms with Crippen LogP contribution in [-0.2, 0) is 0 Å². The Kier molecular flexibility index (Phi) is 6.16. The van der Waals surface area contributed by atoms with Crippen LogP contribution in [0.1, 0.15) is 45.4 Å². The molecule has 0 bridgehead atoms. The van der Waals surface area contributed by atoms with E-state index in [-0.39, 0.29) is 6.42 Å². The van der Waals surface area contributed by atoms with Crippen molar-refractivity contribution in [1.29, 1.82) is 0 Å². The summed E-state index contributed by atoms with van der Waals surface area (Å²) >= 11 is 0. The zero-order valence-electron chi connectivity index (χ0n) is 7.97. The molecule has 0 rings (SSSR count). The summed E-state index contributed by atoms with van der Waals surface area (Å²) in [5, 5.41) is 16.4. The van der Waals surface area contributed by atoms with Crippen LogP contribution in [0.25, 0.3) is 0 Å². The quantitative estimate of drug-likeness (QED) is 0.484. The number of halogens is 2. The first-order valence-electron chi connectivity index (χ1n) is 4.76. The number of rotatable bonds is 7. The Bertz CT molecular complexity index is 123. The first kappa shape index (κ1) is 12.8. The summed E-state index contributed by atoms with van der Waals surface area (Å²) in [6.45, 7) is 2.06. The molecule has 0 aliphatic rings. The fraction of sp³-hybridized carbons (Fsp3) is 1.00. The minimum atomic E-state index is -3.66. The average molecular weight is 196 g/mol. The number of unbranched alkanes of at least 4 members (excludes halogenated alkanes) is 4. The van der Waals surface area contributed by atoms with E-state index in [0.29, 0.717) is 6.42 Å². The van der Waals surface area contributed by atoms with Crippen LogP contribution in [0.15, 0.2) is 0 Å². The Morgan fingerprint density at radius 3 is 2.15 bits per heavy atom.